The molecule has 0 aliphatic carbocycles. The van der Waals surface area contributed by atoms with E-state index in [4.69, 9.17) is 0 Å². The predicted molar refractivity (Wildman–Crippen MR) is 92.6 cm³/mol. The van der Waals surface area contributed by atoms with Gasteiger partial charge in [-0.1, -0.05) is 79.2 Å². The quantitative estimate of drug-likeness (QED) is 0.565. The molecule has 1 atom stereocenters. The van der Waals surface area contributed by atoms with Crippen LogP contribution in [0, 0.1) is 12.8 Å². The summed E-state index contributed by atoms with van der Waals surface area (Å²) in [7, 11) is 0. The molecule has 2 aromatic rings. The summed E-state index contributed by atoms with van der Waals surface area (Å²) in [6.07, 6.45) is 9.33. The van der Waals surface area contributed by atoms with Gasteiger partial charge in [0.15, 0.2) is 0 Å². The predicted octanol–water partition coefficient (Wildman–Crippen LogP) is 5.75. The standard InChI is InChI=1S/C21H26/c1-18(12-15-20-9-4-3-5-10-20)8-6-7-11-21-16-13-19(2)14-17-21/h3-7,9-10,13-14,16-18H,8,11-12,15H2,1-2H3. The molecule has 0 amide bonds. The van der Waals surface area contributed by atoms with Gasteiger partial charge in [0.05, 0.1) is 0 Å². The molecule has 1 unspecified atom stereocenters. The number of rotatable bonds is 7. The zero-order valence-electron chi connectivity index (χ0n) is 13.3. The highest BCUT2D eigenvalue weighted by Gasteiger charge is 2.00. The maximum Gasteiger partial charge on any atom is -0.00975 e. The van der Waals surface area contributed by atoms with E-state index in [9.17, 15) is 0 Å². The summed E-state index contributed by atoms with van der Waals surface area (Å²) in [5.74, 6) is 0.750. The minimum absolute atomic E-state index is 0.750. The average Bonchev–Trinajstić information content (AvgIpc) is 2.52. The van der Waals surface area contributed by atoms with E-state index in [1.807, 2.05) is 0 Å². The maximum absolute atomic E-state index is 2.35. The van der Waals surface area contributed by atoms with Crippen LogP contribution in [-0.2, 0) is 12.8 Å². The van der Waals surface area contributed by atoms with Gasteiger partial charge in [-0.15, -0.1) is 0 Å². The van der Waals surface area contributed by atoms with Gasteiger partial charge in [0, 0.05) is 0 Å². The smallest absolute Gasteiger partial charge is 0.00975 e. The van der Waals surface area contributed by atoms with Crippen molar-refractivity contribution in [2.75, 3.05) is 0 Å². The normalized spacial score (nSPS) is 12.7. The first-order chi connectivity index (χ1) is 10.2. The van der Waals surface area contributed by atoms with Gasteiger partial charge >= 0.3 is 0 Å². The zero-order valence-corrected chi connectivity index (χ0v) is 13.3. The van der Waals surface area contributed by atoms with Gasteiger partial charge in [0.2, 0.25) is 0 Å². The largest absolute Gasteiger partial charge is 0.0879 e. The van der Waals surface area contributed by atoms with E-state index in [0.717, 1.165) is 12.3 Å². The topological polar surface area (TPSA) is 0 Å². The van der Waals surface area contributed by atoms with E-state index in [0.29, 0.717) is 0 Å². The highest BCUT2D eigenvalue weighted by atomic mass is 14.1. The Hall–Kier alpha value is -1.82. The van der Waals surface area contributed by atoms with Gasteiger partial charge in [0.25, 0.3) is 0 Å². The van der Waals surface area contributed by atoms with Crippen LogP contribution in [0.5, 0.6) is 0 Å². The Morgan fingerprint density at radius 2 is 1.57 bits per heavy atom. The highest BCUT2D eigenvalue weighted by Crippen LogP contribution is 2.13. The Morgan fingerprint density at radius 1 is 0.857 bits per heavy atom. The molecule has 0 aliphatic heterocycles. The second-order valence-electron chi connectivity index (χ2n) is 6.03. The van der Waals surface area contributed by atoms with Crippen molar-refractivity contribution in [1.29, 1.82) is 0 Å². The Bertz CT molecular complexity index is 534. The maximum atomic E-state index is 2.35. The molecule has 21 heavy (non-hydrogen) atoms. The molecule has 0 saturated heterocycles. The lowest BCUT2D eigenvalue weighted by molar-refractivity contribution is 0.540. The third-order valence-corrected chi connectivity index (χ3v) is 3.95. The zero-order chi connectivity index (χ0) is 14.9. The Kier molecular flexibility index (Phi) is 6.27. The molecule has 2 rings (SSSR count). The Morgan fingerprint density at radius 3 is 2.29 bits per heavy atom. The molecular weight excluding hydrogens is 252 g/mol. The highest BCUT2D eigenvalue weighted by molar-refractivity contribution is 5.23. The van der Waals surface area contributed by atoms with Crippen LogP contribution in [-0.4, -0.2) is 0 Å². The van der Waals surface area contributed by atoms with Crippen LogP contribution in [0.2, 0.25) is 0 Å². The summed E-state index contributed by atoms with van der Waals surface area (Å²) in [5, 5.41) is 0. The molecule has 0 radical (unpaired) electrons. The monoisotopic (exact) mass is 278 g/mol. The van der Waals surface area contributed by atoms with Crippen LogP contribution in [0.1, 0.15) is 36.5 Å². The minimum atomic E-state index is 0.750. The molecular formula is C21H26. The lowest BCUT2D eigenvalue weighted by atomic mass is 9.98. The van der Waals surface area contributed by atoms with Gasteiger partial charge in [-0.2, -0.15) is 0 Å². The minimum Gasteiger partial charge on any atom is -0.0879 e. The molecule has 0 aliphatic rings. The molecule has 0 heteroatoms. The molecule has 0 spiro atoms. The van der Waals surface area contributed by atoms with Crippen molar-refractivity contribution < 1.29 is 0 Å². The summed E-state index contributed by atoms with van der Waals surface area (Å²) >= 11 is 0. The molecule has 2 aromatic carbocycles. The van der Waals surface area contributed by atoms with E-state index < -0.39 is 0 Å². The van der Waals surface area contributed by atoms with Crippen molar-refractivity contribution in [3.63, 3.8) is 0 Å². The second kappa shape index (κ2) is 8.46. The summed E-state index contributed by atoms with van der Waals surface area (Å²) < 4.78 is 0. The molecule has 0 fully saturated rings. The number of hydrogen-bond donors (Lipinski definition) is 0. The van der Waals surface area contributed by atoms with Crippen molar-refractivity contribution in [1.82, 2.24) is 0 Å². The van der Waals surface area contributed by atoms with Gasteiger partial charge in [-0.05, 0) is 49.7 Å². The van der Waals surface area contributed by atoms with E-state index in [2.05, 4.69) is 80.6 Å². The third kappa shape index (κ3) is 5.99. The number of benzene rings is 2. The van der Waals surface area contributed by atoms with Crippen LogP contribution in [0.3, 0.4) is 0 Å². The Balaban J connectivity index is 1.67. The molecule has 0 bridgehead atoms. The summed E-state index contributed by atoms with van der Waals surface area (Å²) in [5.41, 5.74) is 4.18. The lowest BCUT2D eigenvalue weighted by Crippen LogP contribution is -1.96. The van der Waals surface area contributed by atoms with Crippen LogP contribution in [0.15, 0.2) is 66.7 Å². The Labute approximate surface area is 129 Å². The molecule has 0 aromatic heterocycles. The van der Waals surface area contributed by atoms with Crippen LogP contribution in [0.4, 0.5) is 0 Å². The first-order valence-electron chi connectivity index (χ1n) is 7.98. The molecule has 0 saturated carbocycles. The SMILES string of the molecule is Cc1ccc(CC=CCC(C)CCc2ccccc2)cc1. The van der Waals surface area contributed by atoms with Crippen molar-refractivity contribution in [2.24, 2.45) is 5.92 Å². The number of aryl methyl sites for hydroxylation is 2. The van der Waals surface area contributed by atoms with Crippen molar-refractivity contribution in [3.05, 3.63) is 83.4 Å². The fourth-order valence-corrected chi connectivity index (χ4v) is 2.45. The fraction of sp³-hybridized carbons (Fsp3) is 0.333. The van der Waals surface area contributed by atoms with Crippen LogP contribution >= 0.6 is 0 Å². The first kappa shape index (κ1) is 15.6. The van der Waals surface area contributed by atoms with Crippen molar-refractivity contribution in [3.8, 4) is 0 Å². The van der Waals surface area contributed by atoms with Crippen molar-refractivity contribution in [2.45, 2.75) is 39.5 Å². The third-order valence-electron chi connectivity index (χ3n) is 3.95. The lowest BCUT2D eigenvalue weighted by Gasteiger charge is -2.08. The summed E-state index contributed by atoms with van der Waals surface area (Å²) in [4.78, 5) is 0. The number of hydrogen-bond acceptors (Lipinski definition) is 0. The van der Waals surface area contributed by atoms with E-state index in [-0.39, 0.29) is 0 Å². The van der Waals surface area contributed by atoms with Crippen LogP contribution < -0.4 is 0 Å². The molecule has 0 N–H and O–H groups in total. The molecule has 110 valence electrons. The van der Waals surface area contributed by atoms with Gasteiger partial charge in [-0.25, -0.2) is 0 Å². The summed E-state index contributed by atoms with van der Waals surface area (Å²) in [6, 6.07) is 19.6. The first-order valence-corrected chi connectivity index (χ1v) is 7.98. The van der Waals surface area contributed by atoms with Gasteiger partial charge < -0.3 is 0 Å². The van der Waals surface area contributed by atoms with Crippen LogP contribution in [0.25, 0.3) is 0 Å². The average molecular weight is 278 g/mol. The van der Waals surface area contributed by atoms with E-state index in [1.165, 1.54) is 36.0 Å². The fourth-order valence-electron chi connectivity index (χ4n) is 2.45. The van der Waals surface area contributed by atoms with Crippen molar-refractivity contribution >= 4 is 0 Å². The van der Waals surface area contributed by atoms with E-state index in [1.54, 1.807) is 0 Å². The molecule has 0 heterocycles. The number of allylic oxidation sites excluding steroid dienone is 2. The van der Waals surface area contributed by atoms with Gasteiger partial charge in [-0.3, -0.25) is 0 Å². The second-order valence-corrected chi connectivity index (χ2v) is 6.03. The van der Waals surface area contributed by atoms with Gasteiger partial charge in [0.1, 0.15) is 0 Å². The molecule has 0 nitrogen and oxygen atoms in total. The summed E-state index contributed by atoms with van der Waals surface area (Å²) in [6.45, 7) is 4.48. The van der Waals surface area contributed by atoms with E-state index >= 15 is 0 Å².